The predicted octanol–water partition coefficient (Wildman–Crippen LogP) is 5.05. The molecule has 0 aliphatic carbocycles. The highest BCUT2D eigenvalue weighted by Gasteiger charge is 2.13. The van der Waals surface area contributed by atoms with E-state index in [0.29, 0.717) is 21.3 Å². The molecule has 4 nitrogen and oxygen atoms in total. The van der Waals surface area contributed by atoms with Crippen molar-refractivity contribution in [1.82, 2.24) is 0 Å². The average molecular weight is 400 g/mol. The van der Waals surface area contributed by atoms with Crippen molar-refractivity contribution in [2.45, 2.75) is 0 Å². The standard InChI is InChI=1S/C20H15ClFN3OS/c21-13-6-10-15(11-7-13)25-20(27)24-14-8-4-12(5-9-14)16-2-1-3-17(18(16)22)19(23)26/h1-11H,(H2,23,26)(H2,24,25,27). The molecule has 3 aromatic rings. The second-order valence-corrected chi connectivity index (χ2v) is 6.54. The van der Waals surface area contributed by atoms with Gasteiger partial charge in [0.2, 0.25) is 0 Å². The summed E-state index contributed by atoms with van der Waals surface area (Å²) in [6, 6.07) is 18.7. The number of anilines is 2. The van der Waals surface area contributed by atoms with E-state index >= 15 is 0 Å². The highest BCUT2D eigenvalue weighted by molar-refractivity contribution is 7.80. The van der Waals surface area contributed by atoms with Gasteiger partial charge in [0.05, 0.1) is 5.56 Å². The van der Waals surface area contributed by atoms with Gasteiger partial charge in [-0.3, -0.25) is 4.79 Å². The van der Waals surface area contributed by atoms with E-state index in [4.69, 9.17) is 29.6 Å². The molecule has 0 saturated carbocycles. The van der Waals surface area contributed by atoms with Crippen LogP contribution in [0.5, 0.6) is 0 Å². The lowest BCUT2D eigenvalue weighted by Crippen LogP contribution is -2.18. The zero-order valence-electron chi connectivity index (χ0n) is 14.0. The van der Waals surface area contributed by atoms with E-state index in [0.717, 1.165) is 11.4 Å². The maximum absolute atomic E-state index is 14.4. The Morgan fingerprint density at radius 1 is 0.926 bits per heavy atom. The highest BCUT2D eigenvalue weighted by atomic mass is 35.5. The molecule has 0 unspecified atom stereocenters. The number of nitrogens with two attached hydrogens (primary N) is 1. The minimum atomic E-state index is -0.800. The van der Waals surface area contributed by atoms with Gasteiger partial charge in [-0.2, -0.15) is 0 Å². The number of rotatable bonds is 4. The number of thiocarbonyl (C=S) groups is 1. The Morgan fingerprint density at radius 2 is 1.48 bits per heavy atom. The van der Waals surface area contributed by atoms with E-state index in [1.165, 1.54) is 6.07 Å². The summed E-state index contributed by atoms with van der Waals surface area (Å²) >= 11 is 11.1. The fourth-order valence-electron chi connectivity index (χ4n) is 2.51. The second-order valence-electron chi connectivity index (χ2n) is 5.69. The molecule has 0 aliphatic rings. The van der Waals surface area contributed by atoms with Crippen LogP contribution in [0, 0.1) is 5.82 Å². The molecular weight excluding hydrogens is 385 g/mol. The first kappa shape index (κ1) is 18.8. The molecule has 0 bridgehead atoms. The van der Waals surface area contributed by atoms with Crippen LogP contribution in [0.4, 0.5) is 15.8 Å². The first-order valence-corrected chi connectivity index (χ1v) is 8.75. The van der Waals surface area contributed by atoms with E-state index in [2.05, 4.69) is 10.6 Å². The maximum Gasteiger partial charge on any atom is 0.251 e. The molecule has 0 radical (unpaired) electrons. The summed E-state index contributed by atoms with van der Waals surface area (Å²) in [7, 11) is 0. The number of amides is 1. The smallest absolute Gasteiger partial charge is 0.251 e. The monoisotopic (exact) mass is 399 g/mol. The molecule has 0 atom stereocenters. The third kappa shape index (κ3) is 4.61. The Bertz CT molecular complexity index is 991. The zero-order chi connectivity index (χ0) is 19.4. The van der Waals surface area contributed by atoms with Crippen LogP contribution in [0.3, 0.4) is 0 Å². The van der Waals surface area contributed by atoms with E-state index < -0.39 is 11.7 Å². The van der Waals surface area contributed by atoms with E-state index in [9.17, 15) is 9.18 Å². The second kappa shape index (κ2) is 8.16. The van der Waals surface area contributed by atoms with Crippen LogP contribution >= 0.6 is 23.8 Å². The molecule has 3 rings (SSSR count). The first-order valence-electron chi connectivity index (χ1n) is 7.96. The summed E-state index contributed by atoms with van der Waals surface area (Å²) in [5.74, 6) is -1.43. The number of benzene rings is 3. The predicted molar refractivity (Wildman–Crippen MR) is 112 cm³/mol. The van der Waals surface area contributed by atoms with Crippen LogP contribution in [0.1, 0.15) is 10.4 Å². The van der Waals surface area contributed by atoms with Crippen molar-refractivity contribution in [3.8, 4) is 11.1 Å². The fraction of sp³-hybridized carbons (Fsp3) is 0. The molecule has 27 heavy (non-hydrogen) atoms. The highest BCUT2D eigenvalue weighted by Crippen LogP contribution is 2.26. The number of halogens is 2. The van der Waals surface area contributed by atoms with Gasteiger partial charge in [-0.1, -0.05) is 35.9 Å². The van der Waals surface area contributed by atoms with Crippen molar-refractivity contribution in [1.29, 1.82) is 0 Å². The number of primary amides is 1. The van der Waals surface area contributed by atoms with Crippen LogP contribution in [-0.2, 0) is 0 Å². The summed E-state index contributed by atoms with van der Waals surface area (Å²) in [6.07, 6.45) is 0. The lowest BCUT2D eigenvalue weighted by Gasteiger charge is -2.12. The van der Waals surface area contributed by atoms with Crippen LogP contribution < -0.4 is 16.4 Å². The molecular formula is C20H15ClFN3OS. The van der Waals surface area contributed by atoms with Crippen molar-refractivity contribution < 1.29 is 9.18 Å². The van der Waals surface area contributed by atoms with Gasteiger partial charge in [-0.15, -0.1) is 0 Å². The molecule has 7 heteroatoms. The van der Waals surface area contributed by atoms with Crippen molar-refractivity contribution in [3.05, 3.63) is 83.1 Å². The molecule has 3 aromatic carbocycles. The molecule has 136 valence electrons. The van der Waals surface area contributed by atoms with E-state index in [1.54, 1.807) is 48.5 Å². The third-order valence-corrected chi connectivity index (χ3v) is 4.28. The van der Waals surface area contributed by atoms with Gasteiger partial charge in [-0.05, 0) is 60.2 Å². The maximum atomic E-state index is 14.4. The Balaban J connectivity index is 1.72. The largest absolute Gasteiger partial charge is 0.366 e. The van der Waals surface area contributed by atoms with E-state index in [1.807, 2.05) is 12.1 Å². The first-order chi connectivity index (χ1) is 12.9. The van der Waals surface area contributed by atoms with Gasteiger partial charge in [0.25, 0.3) is 5.91 Å². The topological polar surface area (TPSA) is 67.2 Å². The van der Waals surface area contributed by atoms with Crippen LogP contribution in [0.15, 0.2) is 66.7 Å². The molecule has 4 N–H and O–H groups in total. The number of nitrogens with one attached hydrogen (secondary N) is 2. The number of carbonyl (C=O) groups excluding carboxylic acids is 1. The Morgan fingerprint density at radius 3 is 2.04 bits per heavy atom. The summed E-state index contributed by atoms with van der Waals surface area (Å²) in [6.45, 7) is 0. The minimum absolute atomic E-state index is 0.136. The van der Waals surface area contributed by atoms with Gasteiger partial charge in [0.1, 0.15) is 5.82 Å². The van der Waals surface area contributed by atoms with Gasteiger partial charge < -0.3 is 16.4 Å². The lowest BCUT2D eigenvalue weighted by molar-refractivity contribution is 0.0996. The average Bonchev–Trinajstić information content (AvgIpc) is 2.64. The van der Waals surface area contributed by atoms with Crippen molar-refractivity contribution in [2.75, 3.05) is 10.6 Å². The SMILES string of the molecule is NC(=O)c1cccc(-c2ccc(NC(=S)Nc3ccc(Cl)cc3)cc2)c1F. The van der Waals surface area contributed by atoms with Crippen LogP contribution in [0.2, 0.25) is 5.02 Å². The summed E-state index contributed by atoms with van der Waals surface area (Å²) < 4.78 is 14.4. The van der Waals surface area contributed by atoms with Crippen molar-refractivity contribution in [2.24, 2.45) is 5.73 Å². The number of hydrogen-bond donors (Lipinski definition) is 3. The van der Waals surface area contributed by atoms with Gasteiger partial charge in [-0.25, -0.2) is 4.39 Å². The molecule has 0 heterocycles. The molecule has 1 amide bonds. The quantitative estimate of drug-likeness (QED) is 0.537. The summed E-state index contributed by atoms with van der Waals surface area (Å²) in [4.78, 5) is 11.3. The zero-order valence-corrected chi connectivity index (χ0v) is 15.6. The Kier molecular flexibility index (Phi) is 5.69. The Labute approximate surface area is 166 Å². The van der Waals surface area contributed by atoms with Crippen LogP contribution in [0.25, 0.3) is 11.1 Å². The molecule has 0 fully saturated rings. The number of carbonyl (C=O) groups is 1. The van der Waals surface area contributed by atoms with Gasteiger partial charge in [0.15, 0.2) is 5.11 Å². The fourth-order valence-corrected chi connectivity index (χ4v) is 2.87. The molecule has 0 saturated heterocycles. The van der Waals surface area contributed by atoms with Crippen molar-refractivity contribution >= 4 is 46.2 Å². The van der Waals surface area contributed by atoms with Gasteiger partial charge >= 0.3 is 0 Å². The summed E-state index contributed by atoms with van der Waals surface area (Å²) in [5.41, 5.74) is 7.52. The lowest BCUT2D eigenvalue weighted by atomic mass is 10.0. The van der Waals surface area contributed by atoms with Gasteiger partial charge in [0, 0.05) is 22.0 Å². The van der Waals surface area contributed by atoms with Crippen molar-refractivity contribution in [3.63, 3.8) is 0 Å². The molecule has 0 spiro atoms. The third-order valence-electron chi connectivity index (χ3n) is 3.82. The summed E-state index contributed by atoms with van der Waals surface area (Å²) in [5, 5.41) is 7.14. The normalized spacial score (nSPS) is 10.3. The molecule has 0 aliphatic heterocycles. The minimum Gasteiger partial charge on any atom is -0.366 e. The Hall–Kier alpha value is -2.96. The molecule has 0 aromatic heterocycles. The van der Waals surface area contributed by atoms with Crippen LogP contribution in [-0.4, -0.2) is 11.0 Å². The number of hydrogen-bond acceptors (Lipinski definition) is 2. The van der Waals surface area contributed by atoms with E-state index in [-0.39, 0.29) is 5.56 Å².